The summed E-state index contributed by atoms with van der Waals surface area (Å²) in [6.07, 6.45) is 2.44. The van der Waals surface area contributed by atoms with E-state index in [4.69, 9.17) is 4.98 Å². The van der Waals surface area contributed by atoms with E-state index in [1.165, 1.54) is 4.70 Å². The van der Waals surface area contributed by atoms with Gasteiger partial charge in [-0.05, 0) is 31.4 Å². The minimum atomic E-state index is -1.22. The minimum Gasteiger partial charge on any atom is -0.379 e. The molecule has 2 aliphatic heterocycles. The lowest BCUT2D eigenvalue weighted by molar-refractivity contribution is -0.157. The highest BCUT2D eigenvalue weighted by atomic mass is 32.1. The second kappa shape index (κ2) is 7.13. The molecule has 3 heterocycles. The van der Waals surface area contributed by atoms with Gasteiger partial charge in [0.15, 0.2) is 10.7 Å². The number of para-hydroxylation sites is 1. The molecule has 2 saturated heterocycles. The summed E-state index contributed by atoms with van der Waals surface area (Å²) in [4.78, 5) is 23.4. The first-order chi connectivity index (χ1) is 12.5. The van der Waals surface area contributed by atoms with Crippen LogP contribution in [0.25, 0.3) is 10.2 Å². The van der Waals surface area contributed by atoms with Crippen molar-refractivity contribution in [3.63, 3.8) is 0 Å². The Morgan fingerprint density at radius 1 is 1.15 bits per heavy atom. The van der Waals surface area contributed by atoms with E-state index in [1.807, 2.05) is 12.1 Å². The van der Waals surface area contributed by atoms with E-state index in [2.05, 4.69) is 21.9 Å². The van der Waals surface area contributed by atoms with E-state index < -0.39 is 5.60 Å². The van der Waals surface area contributed by atoms with E-state index >= 15 is 0 Å². The van der Waals surface area contributed by atoms with E-state index in [-0.39, 0.29) is 5.91 Å². The molecular formula is C19H26N4O2S. The van der Waals surface area contributed by atoms with Gasteiger partial charge in [0, 0.05) is 46.3 Å². The molecule has 6 nitrogen and oxygen atoms in total. The van der Waals surface area contributed by atoms with E-state index in [1.54, 1.807) is 23.3 Å². The molecule has 2 fully saturated rings. The molecular weight excluding hydrogens is 348 g/mol. The Morgan fingerprint density at radius 3 is 2.85 bits per heavy atom. The van der Waals surface area contributed by atoms with E-state index in [0.29, 0.717) is 13.0 Å². The van der Waals surface area contributed by atoms with Crippen LogP contribution in [0.4, 0.5) is 5.13 Å². The second-order valence-corrected chi connectivity index (χ2v) is 8.45. The first-order valence-electron chi connectivity index (χ1n) is 9.36. The second-order valence-electron chi connectivity index (χ2n) is 7.44. The Balaban J connectivity index is 1.42. The van der Waals surface area contributed by atoms with Gasteiger partial charge in [-0.15, -0.1) is 0 Å². The molecule has 1 aromatic carbocycles. The molecule has 7 heteroatoms. The molecule has 0 saturated carbocycles. The van der Waals surface area contributed by atoms with Crippen LogP contribution in [0.1, 0.15) is 19.3 Å². The van der Waals surface area contributed by atoms with Crippen molar-refractivity contribution in [1.82, 2.24) is 14.8 Å². The van der Waals surface area contributed by atoms with Crippen molar-refractivity contribution in [2.24, 2.45) is 0 Å². The van der Waals surface area contributed by atoms with Crippen LogP contribution in [0.15, 0.2) is 24.3 Å². The third-order valence-corrected chi connectivity index (χ3v) is 6.55. The van der Waals surface area contributed by atoms with Crippen molar-refractivity contribution in [3.8, 4) is 0 Å². The smallest absolute Gasteiger partial charge is 0.255 e. The highest BCUT2D eigenvalue weighted by Crippen LogP contribution is 2.29. The van der Waals surface area contributed by atoms with E-state index in [0.717, 1.165) is 56.2 Å². The number of piperidine rings is 1. The molecule has 1 N–H and O–H groups in total. The number of hydrogen-bond acceptors (Lipinski definition) is 6. The van der Waals surface area contributed by atoms with Crippen LogP contribution >= 0.6 is 11.3 Å². The molecule has 1 atom stereocenters. The number of carbonyl (C=O) groups excluding carboxylic acids is 1. The Morgan fingerprint density at radius 2 is 2.00 bits per heavy atom. The predicted molar refractivity (Wildman–Crippen MR) is 105 cm³/mol. The van der Waals surface area contributed by atoms with Crippen LogP contribution in [0.3, 0.4) is 0 Å². The first-order valence-corrected chi connectivity index (χ1v) is 10.2. The number of amides is 1. The van der Waals surface area contributed by atoms with Gasteiger partial charge in [0.1, 0.15) is 0 Å². The Kier molecular flexibility index (Phi) is 4.86. The van der Waals surface area contributed by atoms with Crippen molar-refractivity contribution >= 4 is 32.6 Å². The third kappa shape index (κ3) is 3.43. The number of nitrogens with zero attached hydrogens (tertiary/aromatic N) is 4. The molecule has 0 spiro atoms. The summed E-state index contributed by atoms with van der Waals surface area (Å²) in [6.45, 7) is 4.76. The van der Waals surface area contributed by atoms with Crippen LogP contribution in [0.5, 0.6) is 0 Å². The van der Waals surface area contributed by atoms with Crippen LogP contribution < -0.4 is 4.90 Å². The van der Waals surface area contributed by atoms with Crippen LogP contribution in [-0.4, -0.2) is 77.7 Å². The fourth-order valence-corrected chi connectivity index (χ4v) is 5.02. The monoisotopic (exact) mass is 374 g/mol. The number of likely N-dealkylation sites (tertiary alicyclic amines) is 1. The van der Waals surface area contributed by atoms with Crippen LogP contribution in [-0.2, 0) is 4.79 Å². The van der Waals surface area contributed by atoms with Crippen molar-refractivity contribution in [1.29, 1.82) is 0 Å². The van der Waals surface area contributed by atoms with Gasteiger partial charge in [-0.2, -0.15) is 0 Å². The zero-order valence-electron chi connectivity index (χ0n) is 15.2. The minimum absolute atomic E-state index is 0.129. The maximum atomic E-state index is 12.4. The molecule has 0 aliphatic carbocycles. The number of aromatic nitrogens is 1. The molecule has 2 aromatic rings. The maximum absolute atomic E-state index is 12.4. The normalized spacial score (nSPS) is 25.7. The lowest BCUT2D eigenvalue weighted by Crippen LogP contribution is -2.57. The summed E-state index contributed by atoms with van der Waals surface area (Å²) < 4.78 is 1.22. The quantitative estimate of drug-likeness (QED) is 0.888. The number of hydrogen-bond donors (Lipinski definition) is 1. The van der Waals surface area contributed by atoms with Crippen molar-refractivity contribution < 1.29 is 9.90 Å². The fourth-order valence-electron chi connectivity index (χ4n) is 4.00. The average Bonchev–Trinajstić information content (AvgIpc) is 2.93. The Labute approximate surface area is 158 Å². The highest BCUT2D eigenvalue weighted by Gasteiger charge is 2.42. The number of benzene rings is 1. The molecule has 0 radical (unpaired) electrons. The molecule has 0 bridgehead atoms. The van der Waals surface area contributed by atoms with Gasteiger partial charge in [0.2, 0.25) is 0 Å². The predicted octanol–water partition coefficient (Wildman–Crippen LogP) is 1.79. The largest absolute Gasteiger partial charge is 0.379 e. The summed E-state index contributed by atoms with van der Waals surface area (Å²) in [5, 5.41) is 11.9. The third-order valence-electron chi connectivity index (χ3n) is 5.46. The standard InChI is InChI=1S/C19H26N4O2S/c1-21-9-4-8-19(25,17(21)24)14-22-10-5-11-23(13-12-22)18-20-15-6-2-3-7-16(15)26-18/h2-3,6-7,25H,4-5,8-14H2,1H3/t19-/m1/s1. The zero-order valence-corrected chi connectivity index (χ0v) is 16.0. The van der Waals surface area contributed by atoms with Gasteiger partial charge in [-0.25, -0.2) is 4.98 Å². The van der Waals surface area contributed by atoms with Crippen LogP contribution in [0, 0.1) is 0 Å². The topological polar surface area (TPSA) is 59.9 Å². The number of likely N-dealkylation sites (N-methyl/N-ethyl adjacent to an activating group) is 1. The number of aliphatic hydroxyl groups is 1. The number of carbonyl (C=O) groups is 1. The van der Waals surface area contributed by atoms with Crippen LogP contribution in [0.2, 0.25) is 0 Å². The Hall–Kier alpha value is -1.70. The first kappa shape index (κ1) is 17.7. The fraction of sp³-hybridized carbons (Fsp3) is 0.579. The number of rotatable bonds is 3. The molecule has 0 unspecified atom stereocenters. The van der Waals surface area contributed by atoms with Gasteiger partial charge in [0.25, 0.3) is 5.91 Å². The van der Waals surface area contributed by atoms with Gasteiger partial charge in [0.05, 0.1) is 10.2 Å². The van der Waals surface area contributed by atoms with Crippen molar-refractivity contribution in [2.75, 3.05) is 51.2 Å². The SMILES string of the molecule is CN1CCC[C@@](O)(CN2CCCN(c3nc4ccccc4s3)CC2)C1=O. The summed E-state index contributed by atoms with van der Waals surface area (Å²) in [6, 6.07) is 8.24. The molecule has 2 aliphatic rings. The summed E-state index contributed by atoms with van der Waals surface area (Å²) in [5.74, 6) is -0.129. The van der Waals surface area contributed by atoms with Crippen molar-refractivity contribution in [2.45, 2.75) is 24.9 Å². The summed E-state index contributed by atoms with van der Waals surface area (Å²) in [7, 11) is 1.78. The average molecular weight is 375 g/mol. The number of β-amino-alcohol motifs (C(OH)–C–C–N with tert-alkyl or cyclic N) is 1. The van der Waals surface area contributed by atoms with Gasteiger partial charge in [-0.1, -0.05) is 23.5 Å². The van der Waals surface area contributed by atoms with E-state index in [9.17, 15) is 9.90 Å². The number of thiazole rings is 1. The van der Waals surface area contributed by atoms with Gasteiger partial charge >= 0.3 is 0 Å². The zero-order chi connectivity index (χ0) is 18.1. The van der Waals surface area contributed by atoms with Crippen molar-refractivity contribution in [3.05, 3.63) is 24.3 Å². The lowest BCUT2D eigenvalue weighted by atomic mass is 9.91. The maximum Gasteiger partial charge on any atom is 0.255 e. The van der Waals surface area contributed by atoms with Gasteiger partial charge < -0.3 is 14.9 Å². The Bertz CT molecular complexity index is 762. The molecule has 4 rings (SSSR count). The summed E-state index contributed by atoms with van der Waals surface area (Å²) >= 11 is 1.74. The highest BCUT2D eigenvalue weighted by molar-refractivity contribution is 7.22. The number of anilines is 1. The lowest BCUT2D eigenvalue weighted by Gasteiger charge is -2.39. The van der Waals surface area contributed by atoms with Gasteiger partial charge in [-0.3, -0.25) is 9.69 Å². The molecule has 1 amide bonds. The molecule has 140 valence electrons. The number of fused-ring (bicyclic) bond motifs is 1. The molecule has 26 heavy (non-hydrogen) atoms. The summed E-state index contributed by atoms with van der Waals surface area (Å²) in [5.41, 5.74) is -0.170. The molecule has 1 aromatic heterocycles.